The summed E-state index contributed by atoms with van der Waals surface area (Å²) in [7, 11) is 0. The van der Waals surface area contributed by atoms with Gasteiger partial charge >= 0.3 is 6.03 Å². The van der Waals surface area contributed by atoms with Gasteiger partial charge in [-0.05, 0) is 13.3 Å². The molecule has 1 rings (SSSR count). The minimum absolute atomic E-state index is 0.0304. The van der Waals surface area contributed by atoms with Gasteiger partial charge in [-0.1, -0.05) is 6.92 Å². The van der Waals surface area contributed by atoms with Gasteiger partial charge in [-0.25, -0.2) is 4.79 Å². The maximum absolute atomic E-state index is 11.1. The van der Waals surface area contributed by atoms with Crippen LogP contribution in [0.25, 0.3) is 0 Å². The molecule has 1 aliphatic heterocycles. The van der Waals surface area contributed by atoms with E-state index >= 15 is 0 Å². The van der Waals surface area contributed by atoms with E-state index in [0.717, 1.165) is 12.2 Å². The van der Waals surface area contributed by atoms with Crippen LogP contribution in [0.4, 0.5) is 4.79 Å². The van der Waals surface area contributed by atoms with Crippen molar-refractivity contribution in [2.24, 2.45) is 0 Å². The molecule has 2 unspecified atom stereocenters. The third kappa shape index (κ3) is 2.93. The summed E-state index contributed by atoms with van der Waals surface area (Å²) < 4.78 is 0. The van der Waals surface area contributed by atoms with E-state index in [9.17, 15) is 4.79 Å². The molecule has 1 saturated heterocycles. The second kappa shape index (κ2) is 4.60. The number of nitrogens with one attached hydrogen (secondary N) is 2. The standard InChI is InChI=1S/C8H16N2OS/c1-3-9-8(11)10-7-4-6(2)12-5-7/h6-7H,3-5H2,1-2H3,(H2,9,10,11). The fourth-order valence-corrected chi connectivity index (χ4v) is 2.46. The Morgan fingerprint density at radius 1 is 1.67 bits per heavy atom. The van der Waals surface area contributed by atoms with Crippen molar-refractivity contribution in [1.82, 2.24) is 10.6 Å². The van der Waals surface area contributed by atoms with Crippen molar-refractivity contribution in [3.8, 4) is 0 Å². The van der Waals surface area contributed by atoms with Crippen molar-refractivity contribution in [1.29, 1.82) is 0 Å². The van der Waals surface area contributed by atoms with Gasteiger partial charge < -0.3 is 10.6 Å². The smallest absolute Gasteiger partial charge is 0.315 e. The van der Waals surface area contributed by atoms with E-state index in [-0.39, 0.29) is 6.03 Å². The molecule has 0 spiro atoms. The second-order valence-corrected chi connectivity index (χ2v) is 4.55. The Balaban J connectivity index is 2.18. The predicted molar refractivity (Wildman–Crippen MR) is 52.5 cm³/mol. The van der Waals surface area contributed by atoms with Gasteiger partial charge in [0.2, 0.25) is 0 Å². The van der Waals surface area contributed by atoms with Gasteiger partial charge in [-0.2, -0.15) is 11.8 Å². The summed E-state index contributed by atoms with van der Waals surface area (Å²) in [6, 6.07) is 0.341. The molecule has 1 aliphatic rings. The molecule has 0 bridgehead atoms. The molecule has 0 aromatic carbocycles. The van der Waals surface area contributed by atoms with Gasteiger partial charge in [0.15, 0.2) is 0 Å². The first kappa shape index (κ1) is 9.71. The van der Waals surface area contributed by atoms with Crippen molar-refractivity contribution in [2.75, 3.05) is 12.3 Å². The minimum Gasteiger partial charge on any atom is -0.338 e. The molecule has 0 aliphatic carbocycles. The monoisotopic (exact) mass is 188 g/mol. The molecule has 1 fully saturated rings. The third-order valence-corrected chi connectivity index (χ3v) is 3.23. The normalized spacial score (nSPS) is 28.5. The molecular weight excluding hydrogens is 172 g/mol. The molecule has 2 N–H and O–H groups in total. The number of hydrogen-bond donors (Lipinski definition) is 2. The molecule has 1 heterocycles. The zero-order valence-electron chi connectivity index (χ0n) is 7.59. The van der Waals surface area contributed by atoms with Crippen LogP contribution in [-0.2, 0) is 0 Å². The van der Waals surface area contributed by atoms with Crippen LogP contribution in [0.15, 0.2) is 0 Å². The SMILES string of the molecule is CCNC(=O)NC1CSC(C)C1. The molecule has 0 aromatic heterocycles. The molecule has 0 aromatic rings. The van der Waals surface area contributed by atoms with Crippen LogP contribution in [-0.4, -0.2) is 29.6 Å². The highest BCUT2D eigenvalue weighted by molar-refractivity contribution is 8.00. The Morgan fingerprint density at radius 2 is 2.42 bits per heavy atom. The average Bonchev–Trinajstić information content (AvgIpc) is 2.36. The van der Waals surface area contributed by atoms with E-state index in [4.69, 9.17) is 0 Å². The van der Waals surface area contributed by atoms with Crippen LogP contribution in [0.2, 0.25) is 0 Å². The van der Waals surface area contributed by atoms with Gasteiger partial charge in [-0.15, -0.1) is 0 Å². The minimum atomic E-state index is -0.0304. The highest BCUT2D eigenvalue weighted by Crippen LogP contribution is 2.25. The van der Waals surface area contributed by atoms with Crippen LogP contribution in [0.1, 0.15) is 20.3 Å². The van der Waals surface area contributed by atoms with Crippen molar-refractivity contribution < 1.29 is 4.79 Å². The molecular formula is C8H16N2OS. The first-order valence-corrected chi connectivity index (χ1v) is 5.43. The van der Waals surface area contributed by atoms with E-state index in [0.29, 0.717) is 17.8 Å². The molecule has 0 radical (unpaired) electrons. The van der Waals surface area contributed by atoms with E-state index < -0.39 is 0 Å². The molecule has 70 valence electrons. The molecule has 0 saturated carbocycles. The Labute approximate surface area is 77.7 Å². The van der Waals surface area contributed by atoms with Crippen molar-refractivity contribution in [3.63, 3.8) is 0 Å². The van der Waals surface area contributed by atoms with Gasteiger partial charge in [0.1, 0.15) is 0 Å². The lowest BCUT2D eigenvalue weighted by molar-refractivity contribution is 0.238. The van der Waals surface area contributed by atoms with Gasteiger partial charge in [0.25, 0.3) is 0 Å². The lowest BCUT2D eigenvalue weighted by Crippen LogP contribution is -2.42. The van der Waals surface area contributed by atoms with Crippen LogP contribution < -0.4 is 10.6 Å². The highest BCUT2D eigenvalue weighted by Gasteiger charge is 2.22. The summed E-state index contributed by atoms with van der Waals surface area (Å²) in [5, 5.41) is 6.36. The van der Waals surface area contributed by atoms with E-state index in [2.05, 4.69) is 17.6 Å². The van der Waals surface area contributed by atoms with E-state index in [1.54, 1.807) is 0 Å². The summed E-state index contributed by atoms with van der Waals surface area (Å²) in [6.45, 7) is 4.82. The quantitative estimate of drug-likeness (QED) is 0.683. The fraction of sp³-hybridized carbons (Fsp3) is 0.875. The summed E-state index contributed by atoms with van der Waals surface area (Å²) in [5.41, 5.74) is 0. The predicted octanol–water partition coefficient (Wildman–Crippen LogP) is 1.20. The van der Waals surface area contributed by atoms with Crippen LogP contribution in [0.5, 0.6) is 0 Å². The van der Waals surface area contributed by atoms with Gasteiger partial charge in [0, 0.05) is 23.6 Å². The summed E-state index contributed by atoms with van der Waals surface area (Å²) in [4.78, 5) is 11.1. The lowest BCUT2D eigenvalue weighted by Gasteiger charge is -2.11. The zero-order valence-corrected chi connectivity index (χ0v) is 8.41. The molecule has 12 heavy (non-hydrogen) atoms. The molecule has 3 nitrogen and oxygen atoms in total. The largest absolute Gasteiger partial charge is 0.338 e. The molecule has 4 heteroatoms. The van der Waals surface area contributed by atoms with Gasteiger partial charge in [-0.3, -0.25) is 0 Å². The Hall–Kier alpha value is -0.380. The van der Waals surface area contributed by atoms with E-state index in [1.807, 2.05) is 18.7 Å². The number of urea groups is 1. The number of rotatable bonds is 2. The molecule has 2 atom stereocenters. The Morgan fingerprint density at radius 3 is 2.92 bits per heavy atom. The first-order chi connectivity index (χ1) is 5.72. The second-order valence-electron chi connectivity index (χ2n) is 3.08. The topological polar surface area (TPSA) is 41.1 Å². The zero-order chi connectivity index (χ0) is 8.97. The number of amides is 2. The first-order valence-electron chi connectivity index (χ1n) is 4.38. The average molecular weight is 188 g/mol. The Bertz CT molecular complexity index is 163. The summed E-state index contributed by atoms with van der Waals surface area (Å²) in [5.74, 6) is 1.05. The fourth-order valence-electron chi connectivity index (χ4n) is 1.31. The number of hydrogen-bond acceptors (Lipinski definition) is 2. The maximum atomic E-state index is 11.1. The number of carbonyl (C=O) groups excluding carboxylic acids is 1. The maximum Gasteiger partial charge on any atom is 0.315 e. The summed E-state index contributed by atoms with van der Waals surface area (Å²) >= 11 is 1.92. The van der Waals surface area contributed by atoms with Gasteiger partial charge in [0.05, 0.1) is 0 Å². The number of thioether (sulfide) groups is 1. The van der Waals surface area contributed by atoms with Crippen molar-refractivity contribution in [3.05, 3.63) is 0 Å². The summed E-state index contributed by atoms with van der Waals surface area (Å²) in [6.07, 6.45) is 1.10. The van der Waals surface area contributed by atoms with Crippen LogP contribution in [0.3, 0.4) is 0 Å². The highest BCUT2D eigenvalue weighted by atomic mass is 32.2. The third-order valence-electron chi connectivity index (χ3n) is 1.87. The van der Waals surface area contributed by atoms with Crippen LogP contribution >= 0.6 is 11.8 Å². The van der Waals surface area contributed by atoms with E-state index in [1.165, 1.54) is 0 Å². The van der Waals surface area contributed by atoms with Crippen molar-refractivity contribution in [2.45, 2.75) is 31.6 Å². The Kier molecular flexibility index (Phi) is 3.72. The number of carbonyl (C=O) groups is 1. The van der Waals surface area contributed by atoms with Crippen LogP contribution in [0, 0.1) is 0 Å². The lowest BCUT2D eigenvalue weighted by atomic mass is 10.2. The molecule has 2 amide bonds. The van der Waals surface area contributed by atoms with Crippen molar-refractivity contribution >= 4 is 17.8 Å².